The van der Waals surface area contributed by atoms with Gasteiger partial charge in [-0.15, -0.1) is 13.2 Å². The normalized spacial score (nSPS) is 11.6. The molecule has 1 N–H and O–H groups in total. The van der Waals surface area contributed by atoms with Gasteiger partial charge in [-0.3, -0.25) is 14.2 Å². The lowest BCUT2D eigenvalue weighted by Crippen LogP contribution is -2.22. The van der Waals surface area contributed by atoms with Gasteiger partial charge >= 0.3 is 12.3 Å². The maximum atomic E-state index is 13.5. The van der Waals surface area contributed by atoms with Crippen LogP contribution in [0.3, 0.4) is 0 Å². The number of nitrogens with zero attached hydrogens (tertiary/aromatic N) is 2. The Bertz CT molecular complexity index is 1630. The van der Waals surface area contributed by atoms with Crippen molar-refractivity contribution in [1.29, 1.82) is 0 Å². The number of benzene rings is 3. The topological polar surface area (TPSA) is 86.2 Å². The van der Waals surface area contributed by atoms with Crippen LogP contribution in [0.2, 0.25) is 0 Å². The number of para-hydroxylation sites is 1. The minimum atomic E-state index is -4.84. The first-order valence-electron chi connectivity index (χ1n) is 11.0. The van der Waals surface area contributed by atoms with Crippen molar-refractivity contribution >= 4 is 39.7 Å². The van der Waals surface area contributed by atoms with Crippen molar-refractivity contribution in [2.75, 3.05) is 5.75 Å². The Morgan fingerprint density at radius 2 is 1.68 bits per heavy atom. The number of carbonyl (C=O) groups excluding carboxylic acids is 1. The van der Waals surface area contributed by atoms with Crippen molar-refractivity contribution in [2.24, 2.45) is 0 Å². The molecule has 188 valence electrons. The first kappa shape index (κ1) is 24.4. The number of aromatic nitrogens is 3. The van der Waals surface area contributed by atoms with Crippen LogP contribution in [0.5, 0.6) is 5.75 Å². The first-order chi connectivity index (χ1) is 17.8. The number of rotatable bonds is 7. The van der Waals surface area contributed by atoms with Crippen molar-refractivity contribution in [3.63, 3.8) is 0 Å². The molecule has 0 unspecified atom stereocenters. The monoisotopic (exact) mass is 525 g/mol. The second kappa shape index (κ2) is 10.0. The van der Waals surface area contributed by atoms with Crippen LogP contribution in [-0.4, -0.2) is 32.6 Å². The fraction of sp³-hybridized carbons (Fsp3) is 0.115. The van der Waals surface area contributed by atoms with E-state index in [1.807, 2.05) is 48.5 Å². The maximum absolute atomic E-state index is 13.5. The lowest BCUT2D eigenvalue weighted by atomic mass is 10.2. The zero-order valence-corrected chi connectivity index (χ0v) is 19.8. The molecule has 0 aliphatic carbocycles. The van der Waals surface area contributed by atoms with Crippen molar-refractivity contribution in [2.45, 2.75) is 18.1 Å². The van der Waals surface area contributed by atoms with E-state index in [-0.39, 0.29) is 28.7 Å². The molecule has 0 saturated heterocycles. The van der Waals surface area contributed by atoms with Crippen LogP contribution in [0, 0.1) is 0 Å². The number of hydrogen-bond donors (Lipinski definition) is 1. The zero-order valence-electron chi connectivity index (χ0n) is 19.0. The van der Waals surface area contributed by atoms with Crippen LogP contribution in [0.15, 0.2) is 88.8 Å². The molecular formula is C26H18F3N3O4S. The van der Waals surface area contributed by atoms with Gasteiger partial charge in [0, 0.05) is 10.9 Å². The molecule has 0 bridgehead atoms. The van der Waals surface area contributed by atoms with E-state index in [0.29, 0.717) is 11.0 Å². The molecule has 37 heavy (non-hydrogen) atoms. The van der Waals surface area contributed by atoms with Crippen molar-refractivity contribution in [3.8, 4) is 11.4 Å². The first-order valence-corrected chi connectivity index (χ1v) is 12.0. The molecule has 0 radical (unpaired) electrons. The summed E-state index contributed by atoms with van der Waals surface area (Å²) in [5.41, 5.74) is 1.98. The summed E-state index contributed by atoms with van der Waals surface area (Å²) >= 11 is 0.992. The Hall–Kier alpha value is -4.25. The summed E-state index contributed by atoms with van der Waals surface area (Å²) in [5, 5.41) is 0.910. The number of alkyl halides is 3. The fourth-order valence-corrected chi connectivity index (χ4v) is 4.57. The average molecular weight is 526 g/mol. The van der Waals surface area contributed by atoms with Crippen LogP contribution in [0.1, 0.15) is 5.56 Å². The van der Waals surface area contributed by atoms with Gasteiger partial charge in [-0.2, -0.15) is 0 Å². The third-order valence-corrected chi connectivity index (χ3v) is 6.30. The Balaban J connectivity index is 1.49. The lowest BCUT2D eigenvalue weighted by Gasteiger charge is -2.13. The number of thioether (sulfide) groups is 1. The van der Waals surface area contributed by atoms with Gasteiger partial charge in [0.05, 0.1) is 11.4 Å². The molecule has 0 amide bonds. The van der Waals surface area contributed by atoms with Gasteiger partial charge in [0.1, 0.15) is 23.4 Å². The SMILES string of the molecule is O=C(CSc1nc2c([nH]c3ccccc32)c(=O)n1-c1ccc(OC(F)(F)F)cc1)OCc1ccccc1. The van der Waals surface area contributed by atoms with Crippen LogP contribution in [0.4, 0.5) is 13.2 Å². The minimum absolute atomic E-state index is 0.0998. The van der Waals surface area contributed by atoms with Gasteiger partial charge in [-0.1, -0.05) is 60.3 Å². The fourth-order valence-electron chi connectivity index (χ4n) is 3.77. The largest absolute Gasteiger partial charge is 0.573 e. The van der Waals surface area contributed by atoms with Gasteiger partial charge < -0.3 is 14.5 Å². The smallest absolute Gasteiger partial charge is 0.460 e. The highest BCUT2D eigenvalue weighted by atomic mass is 32.2. The molecule has 0 fully saturated rings. The molecule has 11 heteroatoms. The molecule has 0 aliphatic heterocycles. The molecule has 2 aromatic heterocycles. The van der Waals surface area contributed by atoms with Gasteiger partial charge in [0.25, 0.3) is 5.56 Å². The number of carbonyl (C=O) groups is 1. The third-order valence-electron chi connectivity index (χ3n) is 5.38. The summed E-state index contributed by atoms with van der Waals surface area (Å²) in [7, 11) is 0. The average Bonchev–Trinajstić information content (AvgIpc) is 3.26. The summed E-state index contributed by atoms with van der Waals surface area (Å²) in [6, 6.07) is 21.3. The second-order valence-electron chi connectivity index (χ2n) is 7.91. The minimum Gasteiger partial charge on any atom is -0.460 e. The molecular weight excluding hydrogens is 507 g/mol. The van der Waals surface area contributed by atoms with Crippen LogP contribution in [-0.2, 0) is 16.1 Å². The number of esters is 1. The number of nitrogens with one attached hydrogen (secondary N) is 1. The molecule has 0 saturated carbocycles. The second-order valence-corrected chi connectivity index (χ2v) is 8.85. The van der Waals surface area contributed by atoms with E-state index >= 15 is 0 Å². The summed E-state index contributed by atoms with van der Waals surface area (Å²) in [4.78, 5) is 33.7. The Morgan fingerprint density at radius 3 is 2.41 bits per heavy atom. The van der Waals surface area contributed by atoms with E-state index in [2.05, 4.69) is 14.7 Å². The van der Waals surface area contributed by atoms with E-state index in [0.717, 1.165) is 34.8 Å². The summed E-state index contributed by atoms with van der Waals surface area (Å²) in [5.74, 6) is -1.08. The zero-order chi connectivity index (χ0) is 26.0. The molecule has 3 aromatic carbocycles. The van der Waals surface area contributed by atoms with Crippen LogP contribution < -0.4 is 10.3 Å². The van der Waals surface area contributed by atoms with E-state index < -0.39 is 23.6 Å². The maximum Gasteiger partial charge on any atom is 0.573 e. The summed E-state index contributed by atoms with van der Waals surface area (Å²) in [6.07, 6.45) is -4.84. The van der Waals surface area contributed by atoms with Crippen molar-refractivity contribution in [1.82, 2.24) is 14.5 Å². The number of hydrogen-bond acceptors (Lipinski definition) is 6. The number of halogens is 3. The van der Waals surface area contributed by atoms with Crippen LogP contribution >= 0.6 is 11.8 Å². The van der Waals surface area contributed by atoms with Gasteiger partial charge in [-0.25, -0.2) is 4.98 Å². The molecule has 2 heterocycles. The Labute approximate surface area is 211 Å². The Kier molecular flexibility index (Phi) is 6.62. The third kappa shape index (κ3) is 5.46. The lowest BCUT2D eigenvalue weighted by molar-refractivity contribution is -0.274. The van der Waals surface area contributed by atoms with E-state index in [9.17, 15) is 22.8 Å². The number of ether oxygens (including phenoxy) is 2. The van der Waals surface area contributed by atoms with Gasteiger partial charge in [-0.05, 0) is 35.9 Å². The van der Waals surface area contributed by atoms with Gasteiger partial charge in [0.15, 0.2) is 5.16 Å². The van der Waals surface area contributed by atoms with Gasteiger partial charge in [0.2, 0.25) is 0 Å². The van der Waals surface area contributed by atoms with Crippen LogP contribution in [0.25, 0.3) is 27.6 Å². The summed E-state index contributed by atoms with van der Waals surface area (Å²) in [6.45, 7) is 0.0998. The van der Waals surface area contributed by atoms with Crippen molar-refractivity contribution < 1.29 is 27.4 Å². The molecule has 0 aliphatic rings. The standard InChI is InChI=1S/C26H18F3N3O4S/c27-26(28,29)36-18-12-10-17(11-13-18)32-24(34)23-22(19-8-4-5-9-20(19)30-23)31-25(32)37-15-21(33)35-14-16-6-2-1-3-7-16/h1-13,30H,14-15H2. The number of fused-ring (bicyclic) bond motifs is 3. The highest BCUT2D eigenvalue weighted by Gasteiger charge is 2.31. The predicted molar refractivity (Wildman–Crippen MR) is 133 cm³/mol. The van der Waals surface area contributed by atoms with Crippen molar-refractivity contribution in [3.05, 3.63) is 94.8 Å². The van der Waals surface area contributed by atoms with E-state index in [1.165, 1.54) is 16.7 Å². The molecule has 5 rings (SSSR count). The predicted octanol–water partition coefficient (Wildman–Crippen LogP) is 5.60. The molecule has 7 nitrogen and oxygen atoms in total. The summed E-state index contributed by atoms with van der Waals surface area (Å²) < 4.78 is 48.2. The number of H-pyrrole nitrogens is 1. The highest BCUT2D eigenvalue weighted by molar-refractivity contribution is 7.99. The molecule has 0 atom stereocenters. The molecule has 0 spiro atoms. The quantitative estimate of drug-likeness (QED) is 0.169. The number of aromatic amines is 1. The van der Waals surface area contributed by atoms with E-state index in [1.54, 1.807) is 6.07 Å². The van der Waals surface area contributed by atoms with E-state index in [4.69, 9.17) is 4.74 Å². The molecule has 5 aromatic rings. The Morgan fingerprint density at radius 1 is 0.973 bits per heavy atom. The highest BCUT2D eigenvalue weighted by Crippen LogP contribution is 2.28.